The number of hydrogen-bond acceptors (Lipinski definition) is 8. The van der Waals surface area contributed by atoms with Gasteiger partial charge >= 0.3 is 6.09 Å². The monoisotopic (exact) mass is 645 g/mol. The number of rotatable bonds is 4. The minimum atomic E-state index is -0.624. The molecule has 0 saturated heterocycles. The van der Waals surface area contributed by atoms with Crippen LogP contribution in [0.15, 0.2) is 60.9 Å². The molecule has 0 unspecified atom stereocenters. The van der Waals surface area contributed by atoms with E-state index in [1.165, 1.54) is 19.3 Å². The summed E-state index contributed by atoms with van der Waals surface area (Å²) in [5, 5.41) is 5.64. The Bertz CT molecular complexity index is 1780. The van der Waals surface area contributed by atoms with Crippen molar-refractivity contribution in [3.63, 3.8) is 0 Å². The predicted molar refractivity (Wildman–Crippen MR) is 173 cm³/mol. The van der Waals surface area contributed by atoms with Crippen LogP contribution >= 0.6 is 11.6 Å². The fraction of sp³-hybridized carbons (Fsp3) is 0.273. The summed E-state index contributed by atoms with van der Waals surface area (Å²) in [6, 6.07) is 11.8. The van der Waals surface area contributed by atoms with Gasteiger partial charge in [-0.2, -0.15) is 5.53 Å². The lowest BCUT2D eigenvalue weighted by molar-refractivity contribution is -0.129. The molecular formula is C33H33ClFN7O4. The fourth-order valence-corrected chi connectivity index (χ4v) is 6.21. The second kappa shape index (κ2) is 13.2. The van der Waals surface area contributed by atoms with Gasteiger partial charge in [-0.3, -0.25) is 19.9 Å². The zero-order chi connectivity index (χ0) is 32.4. The normalized spacial score (nSPS) is 19.7. The molecule has 0 aliphatic carbocycles. The second-order valence-electron chi connectivity index (χ2n) is 11.4. The lowest BCUT2D eigenvalue weighted by Crippen LogP contribution is -2.38. The van der Waals surface area contributed by atoms with Gasteiger partial charge in [0.25, 0.3) is 0 Å². The van der Waals surface area contributed by atoms with Gasteiger partial charge in [-0.25, -0.2) is 9.18 Å². The maximum absolute atomic E-state index is 15.5. The molecule has 3 amide bonds. The van der Waals surface area contributed by atoms with E-state index in [4.69, 9.17) is 21.3 Å². The van der Waals surface area contributed by atoms with Crippen molar-refractivity contribution in [2.75, 3.05) is 24.3 Å². The van der Waals surface area contributed by atoms with E-state index in [1.54, 1.807) is 35.5 Å². The first-order chi connectivity index (χ1) is 22.2. The summed E-state index contributed by atoms with van der Waals surface area (Å²) >= 11 is 6.19. The minimum absolute atomic E-state index is 0.0268. The van der Waals surface area contributed by atoms with Crippen LogP contribution in [0.4, 0.5) is 20.6 Å². The largest absolute Gasteiger partial charge is 0.453 e. The summed E-state index contributed by atoms with van der Waals surface area (Å²) in [5.74, 6) is -1.31. The molecular weight excluding hydrogens is 613 g/mol. The van der Waals surface area contributed by atoms with Gasteiger partial charge in [0.2, 0.25) is 11.8 Å². The SMILES string of the molecule is COC(=O)Nc1ccc2c(c1)NC(=O)[C@H](C)CCC[C@H](N1CCC(c3c(C4=CNNN4)ccc(Cl)c3F)=CC1=O)c1cc-2ccn1. The Kier molecular flexibility index (Phi) is 8.91. The Balaban J connectivity index is 1.36. The van der Waals surface area contributed by atoms with E-state index in [-0.39, 0.29) is 34.4 Å². The predicted octanol–water partition coefficient (Wildman–Crippen LogP) is 5.75. The van der Waals surface area contributed by atoms with E-state index in [1.807, 2.05) is 25.1 Å². The number of benzene rings is 2. The van der Waals surface area contributed by atoms with Crippen LogP contribution in [0.5, 0.6) is 0 Å². The third kappa shape index (κ3) is 6.26. The van der Waals surface area contributed by atoms with Gasteiger partial charge in [0.05, 0.1) is 35.3 Å². The van der Waals surface area contributed by atoms with Crippen LogP contribution < -0.4 is 27.0 Å². The molecule has 2 bridgehead atoms. The molecule has 2 aromatic carbocycles. The van der Waals surface area contributed by atoms with Gasteiger partial charge < -0.3 is 25.8 Å². The molecule has 0 saturated carbocycles. The highest BCUT2D eigenvalue weighted by molar-refractivity contribution is 6.31. The molecule has 46 heavy (non-hydrogen) atoms. The van der Waals surface area contributed by atoms with Gasteiger partial charge in [-0.05, 0) is 60.7 Å². The molecule has 6 rings (SSSR count). The molecule has 0 spiro atoms. The Labute approximate surface area is 270 Å². The molecule has 2 atom stereocenters. The molecule has 0 fully saturated rings. The number of amides is 3. The number of halogens is 2. The standard InChI is InChI=1S/C33H33ClFN7O4/c1-18-4-3-5-28(26-14-19(10-12-36-26)22-7-6-21(38-33(45)46-2)16-25(22)39-32(18)44)42-13-11-20(15-29(42)43)30-23(27-17-37-41-40-27)8-9-24(34)31(30)35/h6-10,12,14-18,28,37,40-41H,3-5,11,13H2,1-2H3,(H,38,45)(H,39,44)/t18-,28+/m1/s1. The quantitative estimate of drug-likeness (QED) is 0.242. The van der Waals surface area contributed by atoms with Crippen molar-refractivity contribution >= 4 is 52.2 Å². The molecule has 5 N–H and O–H groups in total. The van der Waals surface area contributed by atoms with Crippen LogP contribution in [-0.4, -0.2) is 41.4 Å². The zero-order valence-electron chi connectivity index (χ0n) is 25.2. The molecule has 11 nitrogen and oxygen atoms in total. The molecule has 4 heterocycles. The topological polar surface area (TPSA) is 137 Å². The third-order valence-corrected chi connectivity index (χ3v) is 8.77. The highest BCUT2D eigenvalue weighted by atomic mass is 35.5. The number of carbonyl (C=O) groups excluding carboxylic acids is 3. The van der Waals surface area contributed by atoms with E-state index in [0.717, 1.165) is 11.1 Å². The highest BCUT2D eigenvalue weighted by Crippen LogP contribution is 2.39. The first-order valence-electron chi connectivity index (χ1n) is 15.0. The number of carbonyl (C=O) groups is 3. The van der Waals surface area contributed by atoms with Crippen LogP contribution in [-0.2, 0) is 14.3 Å². The average molecular weight is 646 g/mol. The number of pyridine rings is 1. The van der Waals surface area contributed by atoms with Crippen LogP contribution in [0.2, 0.25) is 5.02 Å². The minimum Gasteiger partial charge on any atom is -0.453 e. The van der Waals surface area contributed by atoms with E-state index < -0.39 is 11.9 Å². The van der Waals surface area contributed by atoms with Crippen LogP contribution in [0.25, 0.3) is 22.4 Å². The van der Waals surface area contributed by atoms with Crippen LogP contribution in [0, 0.1) is 11.7 Å². The van der Waals surface area contributed by atoms with Crippen molar-refractivity contribution < 1.29 is 23.5 Å². The number of nitrogens with one attached hydrogen (secondary N) is 5. The summed E-state index contributed by atoms with van der Waals surface area (Å²) < 4.78 is 20.2. The smallest absolute Gasteiger partial charge is 0.411 e. The van der Waals surface area contributed by atoms with E-state index in [9.17, 15) is 14.4 Å². The molecule has 3 aliphatic heterocycles. The summed E-state index contributed by atoms with van der Waals surface area (Å²) in [4.78, 5) is 45.4. The van der Waals surface area contributed by atoms with Gasteiger partial charge in [0.15, 0.2) is 0 Å². The van der Waals surface area contributed by atoms with E-state index in [2.05, 4.69) is 27.0 Å². The third-order valence-electron chi connectivity index (χ3n) is 8.48. The molecule has 3 aromatic rings. The number of hydrogen-bond donors (Lipinski definition) is 5. The van der Waals surface area contributed by atoms with Crippen LogP contribution in [0.1, 0.15) is 55.5 Å². The van der Waals surface area contributed by atoms with Crippen molar-refractivity contribution in [3.05, 3.63) is 88.6 Å². The van der Waals surface area contributed by atoms with Crippen molar-refractivity contribution in [3.8, 4) is 11.1 Å². The first-order valence-corrected chi connectivity index (χ1v) is 15.3. The Morgan fingerprint density at radius 1 is 1.13 bits per heavy atom. The lowest BCUT2D eigenvalue weighted by atomic mass is 9.90. The molecule has 13 heteroatoms. The molecule has 1 aromatic heterocycles. The number of fused-ring (bicyclic) bond motifs is 4. The van der Waals surface area contributed by atoms with Gasteiger partial charge in [0.1, 0.15) is 5.82 Å². The Hall–Kier alpha value is -4.94. The van der Waals surface area contributed by atoms with E-state index in [0.29, 0.717) is 66.1 Å². The Morgan fingerprint density at radius 3 is 2.72 bits per heavy atom. The van der Waals surface area contributed by atoms with Crippen molar-refractivity contribution in [1.29, 1.82) is 0 Å². The maximum Gasteiger partial charge on any atom is 0.411 e. The number of aromatic nitrogens is 1. The van der Waals surface area contributed by atoms with E-state index >= 15 is 4.39 Å². The first kappa shape index (κ1) is 31.1. The molecule has 238 valence electrons. The number of ether oxygens (including phenoxy) is 1. The van der Waals surface area contributed by atoms with Gasteiger partial charge in [-0.15, -0.1) is 0 Å². The zero-order valence-corrected chi connectivity index (χ0v) is 26.0. The summed E-state index contributed by atoms with van der Waals surface area (Å²) in [6.45, 7) is 2.20. The molecule has 3 aliphatic rings. The summed E-state index contributed by atoms with van der Waals surface area (Å²) in [5.41, 5.74) is 13.8. The number of hydrazine groups is 2. The van der Waals surface area contributed by atoms with Crippen LogP contribution in [0.3, 0.4) is 0 Å². The van der Waals surface area contributed by atoms with Crippen molar-refractivity contribution in [2.45, 2.75) is 38.6 Å². The fourth-order valence-electron chi connectivity index (χ4n) is 6.06. The highest BCUT2D eigenvalue weighted by Gasteiger charge is 2.32. The maximum atomic E-state index is 15.5. The Morgan fingerprint density at radius 2 is 1.96 bits per heavy atom. The summed E-state index contributed by atoms with van der Waals surface area (Å²) in [6.07, 6.45) is 6.45. The lowest BCUT2D eigenvalue weighted by Gasteiger charge is -2.35. The summed E-state index contributed by atoms with van der Waals surface area (Å²) in [7, 11) is 1.28. The van der Waals surface area contributed by atoms with Gasteiger partial charge in [0, 0.05) is 53.3 Å². The number of methoxy groups -OCH3 is 1. The number of nitrogens with zero attached hydrogens (tertiary/aromatic N) is 2. The second-order valence-corrected chi connectivity index (χ2v) is 11.8. The van der Waals surface area contributed by atoms with Gasteiger partial charge in [-0.1, -0.05) is 37.1 Å². The molecule has 0 radical (unpaired) electrons. The van der Waals surface area contributed by atoms with Crippen molar-refractivity contribution in [2.24, 2.45) is 5.92 Å². The average Bonchev–Trinajstić information content (AvgIpc) is 3.59. The number of anilines is 2. The van der Waals surface area contributed by atoms with Crippen molar-refractivity contribution in [1.82, 2.24) is 26.3 Å².